The average molecular weight is 337 g/mol. The van der Waals surface area contributed by atoms with E-state index in [4.69, 9.17) is 4.74 Å². The van der Waals surface area contributed by atoms with Gasteiger partial charge in [-0.15, -0.1) is 0 Å². The van der Waals surface area contributed by atoms with Crippen LogP contribution in [0.1, 0.15) is 30.0 Å². The van der Waals surface area contributed by atoms with Crippen molar-refractivity contribution in [1.29, 1.82) is 0 Å². The molecule has 1 saturated heterocycles. The monoisotopic (exact) mass is 337 g/mol. The van der Waals surface area contributed by atoms with Crippen molar-refractivity contribution in [2.45, 2.75) is 33.3 Å². The van der Waals surface area contributed by atoms with Crippen LogP contribution in [0, 0.1) is 12.8 Å². The Morgan fingerprint density at radius 1 is 1.16 bits per heavy atom. The highest BCUT2D eigenvalue weighted by Gasteiger charge is 2.36. The molecule has 25 heavy (non-hydrogen) atoms. The Morgan fingerprint density at radius 2 is 1.88 bits per heavy atom. The minimum Gasteiger partial charge on any atom is -0.461 e. The van der Waals surface area contributed by atoms with Crippen molar-refractivity contribution in [3.63, 3.8) is 0 Å². The molecular formula is C21H23NO3. The van der Waals surface area contributed by atoms with Crippen LogP contribution < -0.4 is 4.90 Å². The van der Waals surface area contributed by atoms with Gasteiger partial charge in [-0.05, 0) is 30.5 Å². The molecule has 4 nitrogen and oxygen atoms in total. The van der Waals surface area contributed by atoms with Crippen LogP contribution in [0.2, 0.25) is 0 Å². The SMILES string of the molecule is CCc1ccccc1N1CC(C(=O)OCc2ccc(C)cc2)CC1=O. The highest BCUT2D eigenvalue weighted by Crippen LogP contribution is 2.29. The summed E-state index contributed by atoms with van der Waals surface area (Å²) >= 11 is 0. The van der Waals surface area contributed by atoms with Crippen LogP contribution in [0.25, 0.3) is 0 Å². The van der Waals surface area contributed by atoms with Crippen molar-refractivity contribution in [2.75, 3.05) is 11.4 Å². The Morgan fingerprint density at radius 3 is 2.60 bits per heavy atom. The number of anilines is 1. The molecule has 1 heterocycles. The molecule has 0 aromatic heterocycles. The van der Waals surface area contributed by atoms with Crippen LogP contribution >= 0.6 is 0 Å². The molecule has 2 aromatic carbocycles. The molecule has 0 spiro atoms. The fourth-order valence-corrected chi connectivity index (χ4v) is 3.13. The van der Waals surface area contributed by atoms with Gasteiger partial charge in [0.05, 0.1) is 5.92 Å². The van der Waals surface area contributed by atoms with E-state index in [0.29, 0.717) is 6.54 Å². The number of hydrogen-bond acceptors (Lipinski definition) is 3. The third-order valence-corrected chi connectivity index (χ3v) is 4.62. The van der Waals surface area contributed by atoms with Gasteiger partial charge in [-0.2, -0.15) is 0 Å². The van der Waals surface area contributed by atoms with Gasteiger partial charge in [0.1, 0.15) is 6.61 Å². The molecule has 1 atom stereocenters. The Bertz CT molecular complexity index is 767. The number of amides is 1. The van der Waals surface area contributed by atoms with Gasteiger partial charge in [-0.25, -0.2) is 0 Å². The molecule has 1 aliphatic heterocycles. The fraction of sp³-hybridized carbons (Fsp3) is 0.333. The second kappa shape index (κ2) is 7.51. The maximum absolute atomic E-state index is 12.4. The number of carbonyl (C=O) groups is 2. The summed E-state index contributed by atoms with van der Waals surface area (Å²) in [4.78, 5) is 26.5. The number of nitrogens with zero attached hydrogens (tertiary/aromatic N) is 1. The number of benzene rings is 2. The molecule has 2 aromatic rings. The number of para-hydroxylation sites is 1. The maximum Gasteiger partial charge on any atom is 0.311 e. The Kier molecular flexibility index (Phi) is 5.17. The van der Waals surface area contributed by atoms with Crippen molar-refractivity contribution in [2.24, 2.45) is 5.92 Å². The van der Waals surface area contributed by atoms with E-state index in [1.807, 2.05) is 55.5 Å². The molecule has 1 aliphatic rings. The highest BCUT2D eigenvalue weighted by atomic mass is 16.5. The van der Waals surface area contributed by atoms with Crippen LogP contribution in [0.3, 0.4) is 0 Å². The molecule has 1 fully saturated rings. The summed E-state index contributed by atoms with van der Waals surface area (Å²) < 4.78 is 5.42. The lowest BCUT2D eigenvalue weighted by Gasteiger charge is -2.19. The maximum atomic E-state index is 12.4. The Labute approximate surface area is 148 Å². The highest BCUT2D eigenvalue weighted by molar-refractivity contribution is 6.00. The van der Waals surface area contributed by atoms with E-state index >= 15 is 0 Å². The van der Waals surface area contributed by atoms with Crippen molar-refractivity contribution in [3.05, 3.63) is 65.2 Å². The van der Waals surface area contributed by atoms with Crippen LogP contribution in [0.15, 0.2) is 48.5 Å². The zero-order chi connectivity index (χ0) is 17.8. The Balaban J connectivity index is 1.63. The van der Waals surface area contributed by atoms with E-state index in [1.165, 1.54) is 5.56 Å². The lowest BCUT2D eigenvalue weighted by Crippen LogP contribution is -2.27. The molecule has 4 heteroatoms. The molecule has 1 unspecified atom stereocenters. The first-order chi connectivity index (χ1) is 12.1. The number of carbonyl (C=O) groups excluding carboxylic acids is 2. The fourth-order valence-electron chi connectivity index (χ4n) is 3.13. The van der Waals surface area contributed by atoms with Gasteiger partial charge in [-0.3, -0.25) is 9.59 Å². The van der Waals surface area contributed by atoms with E-state index in [1.54, 1.807) is 4.90 Å². The van der Waals surface area contributed by atoms with Crippen molar-refractivity contribution in [3.8, 4) is 0 Å². The van der Waals surface area contributed by atoms with Gasteiger partial charge in [0.25, 0.3) is 0 Å². The van der Waals surface area contributed by atoms with Gasteiger partial charge >= 0.3 is 5.97 Å². The predicted molar refractivity (Wildman–Crippen MR) is 97.3 cm³/mol. The summed E-state index contributed by atoms with van der Waals surface area (Å²) in [5.74, 6) is -0.716. The van der Waals surface area contributed by atoms with Crippen molar-refractivity contribution >= 4 is 17.6 Å². The average Bonchev–Trinajstić information content (AvgIpc) is 3.02. The third-order valence-electron chi connectivity index (χ3n) is 4.62. The van der Waals surface area contributed by atoms with Crippen LogP contribution in [-0.2, 0) is 27.4 Å². The van der Waals surface area contributed by atoms with Gasteiger partial charge in [-0.1, -0.05) is 55.0 Å². The predicted octanol–water partition coefficient (Wildman–Crippen LogP) is 3.65. The molecule has 0 N–H and O–H groups in total. The van der Waals surface area contributed by atoms with Crippen LogP contribution in [-0.4, -0.2) is 18.4 Å². The smallest absolute Gasteiger partial charge is 0.311 e. The lowest BCUT2D eigenvalue weighted by molar-refractivity contribution is -0.149. The van der Waals surface area contributed by atoms with E-state index < -0.39 is 5.92 Å². The zero-order valence-electron chi connectivity index (χ0n) is 14.7. The number of ether oxygens (including phenoxy) is 1. The minimum absolute atomic E-state index is 0.0156. The van der Waals surface area contributed by atoms with Crippen molar-refractivity contribution in [1.82, 2.24) is 0 Å². The second-order valence-corrected chi connectivity index (χ2v) is 6.48. The molecule has 0 saturated carbocycles. The summed E-state index contributed by atoms with van der Waals surface area (Å²) in [6.45, 7) is 4.72. The molecule has 0 bridgehead atoms. The normalized spacial score (nSPS) is 17.0. The van der Waals surface area contributed by atoms with E-state index in [-0.39, 0.29) is 24.9 Å². The standard InChI is InChI=1S/C21H23NO3/c1-3-17-6-4-5-7-19(17)22-13-18(12-20(22)23)21(24)25-14-16-10-8-15(2)9-11-16/h4-11,18H,3,12-14H2,1-2H3. The largest absolute Gasteiger partial charge is 0.461 e. The third kappa shape index (κ3) is 3.90. The van der Waals surface area contributed by atoms with E-state index in [0.717, 1.165) is 23.2 Å². The van der Waals surface area contributed by atoms with Gasteiger partial charge < -0.3 is 9.64 Å². The van der Waals surface area contributed by atoms with Gasteiger partial charge in [0.2, 0.25) is 5.91 Å². The quantitative estimate of drug-likeness (QED) is 0.782. The number of aryl methyl sites for hydroxylation is 2. The second-order valence-electron chi connectivity index (χ2n) is 6.48. The van der Waals surface area contributed by atoms with E-state index in [2.05, 4.69) is 6.92 Å². The minimum atomic E-state index is -0.400. The van der Waals surface area contributed by atoms with E-state index in [9.17, 15) is 9.59 Å². The zero-order valence-corrected chi connectivity index (χ0v) is 14.7. The summed E-state index contributed by atoms with van der Waals surface area (Å²) in [5.41, 5.74) is 4.14. The van der Waals surface area contributed by atoms with Gasteiger partial charge in [0.15, 0.2) is 0 Å². The summed E-state index contributed by atoms with van der Waals surface area (Å²) in [6, 6.07) is 15.7. The number of rotatable bonds is 5. The number of hydrogen-bond donors (Lipinski definition) is 0. The molecular weight excluding hydrogens is 314 g/mol. The van der Waals surface area contributed by atoms with Crippen LogP contribution in [0.4, 0.5) is 5.69 Å². The molecule has 0 radical (unpaired) electrons. The molecule has 3 rings (SSSR count). The first kappa shape index (κ1) is 17.2. The first-order valence-electron chi connectivity index (χ1n) is 8.69. The van der Waals surface area contributed by atoms with Crippen molar-refractivity contribution < 1.29 is 14.3 Å². The van der Waals surface area contributed by atoms with Gasteiger partial charge in [0, 0.05) is 18.7 Å². The summed E-state index contributed by atoms with van der Waals surface area (Å²) in [5, 5.41) is 0. The molecule has 130 valence electrons. The topological polar surface area (TPSA) is 46.6 Å². The lowest BCUT2D eigenvalue weighted by atomic mass is 10.1. The number of esters is 1. The summed E-state index contributed by atoms with van der Waals surface area (Å²) in [7, 11) is 0. The van der Waals surface area contributed by atoms with Crippen LogP contribution in [0.5, 0.6) is 0 Å². The Hall–Kier alpha value is -2.62. The summed E-state index contributed by atoms with van der Waals surface area (Å²) in [6.07, 6.45) is 1.06. The first-order valence-corrected chi connectivity index (χ1v) is 8.69. The molecule has 1 amide bonds. The molecule has 0 aliphatic carbocycles.